The van der Waals surface area contributed by atoms with Crippen molar-refractivity contribution < 1.29 is 9.59 Å². The van der Waals surface area contributed by atoms with Crippen molar-refractivity contribution in [3.8, 4) is 0 Å². The van der Waals surface area contributed by atoms with E-state index in [1.165, 1.54) is 4.90 Å². The van der Waals surface area contributed by atoms with E-state index in [4.69, 9.17) is 0 Å². The number of nitrogens with zero attached hydrogens (tertiary/aromatic N) is 2. The number of rotatable bonds is 5. The van der Waals surface area contributed by atoms with Crippen molar-refractivity contribution in [2.75, 3.05) is 18.9 Å². The summed E-state index contributed by atoms with van der Waals surface area (Å²) >= 11 is 0. The number of hydrogen-bond donors (Lipinski definition) is 1. The Morgan fingerprint density at radius 3 is 2.58 bits per heavy atom. The number of carbonyl (C=O) groups is 2. The molecule has 0 saturated carbocycles. The average Bonchev–Trinajstić information content (AvgIpc) is 2.31. The highest BCUT2D eigenvalue weighted by Crippen LogP contribution is 2.05. The monoisotopic (exact) mass is 263 g/mol. The van der Waals surface area contributed by atoms with Gasteiger partial charge >= 0.3 is 0 Å². The Morgan fingerprint density at radius 2 is 2.05 bits per heavy atom. The molecule has 1 rings (SSSR count). The maximum Gasteiger partial charge on any atom is 0.245 e. The Morgan fingerprint density at radius 1 is 1.37 bits per heavy atom. The van der Waals surface area contributed by atoms with Gasteiger partial charge < -0.3 is 10.2 Å². The Labute approximate surface area is 114 Å². The highest BCUT2D eigenvalue weighted by atomic mass is 16.2. The fourth-order valence-corrected chi connectivity index (χ4v) is 1.53. The fourth-order valence-electron chi connectivity index (χ4n) is 1.53. The third-order valence-corrected chi connectivity index (χ3v) is 2.57. The second-order valence-corrected chi connectivity index (χ2v) is 5.12. The number of anilines is 1. The summed E-state index contributed by atoms with van der Waals surface area (Å²) in [4.78, 5) is 29.0. The van der Waals surface area contributed by atoms with E-state index in [1.54, 1.807) is 19.3 Å². The van der Waals surface area contributed by atoms with Crippen LogP contribution in [0.15, 0.2) is 18.3 Å². The van der Waals surface area contributed by atoms with Crippen molar-refractivity contribution in [1.82, 2.24) is 9.88 Å². The van der Waals surface area contributed by atoms with Crippen LogP contribution >= 0.6 is 0 Å². The van der Waals surface area contributed by atoms with E-state index in [0.717, 1.165) is 5.56 Å². The molecule has 5 nitrogen and oxygen atoms in total. The number of carbonyl (C=O) groups excluding carboxylic acids is 2. The Kier molecular flexibility index (Phi) is 5.48. The summed E-state index contributed by atoms with van der Waals surface area (Å²) in [6, 6.07) is 3.61. The Bertz CT molecular complexity index is 441. The van der Waals surface area contributed by atoms with Crippen LogP contribution in [-0.4, -0.2) is 35.3 Å². The first-order valence-electron chi connectivity index (χ1n) is 6.35. The zero-order valence-corrected chi connectivity index (χ0v) is 11.9. The number of hydrogen-bond acceptors (Lipinski definition) is 3. The molecule has 0 saturated heterocycles. The number of aryl methyl sites for hydroxylation is 1. The van der Waals surface area contributed by atoms with Gasteiger partial charge in [0.05, 0.1) is 6.54 Å². The van der Waals surface area contributed by atoms with Gasteiger partial charge in [-0.05, 0) is 24.5 Å². The van der Waals surface area contributed by atoms with E-state index >= 15 is 0 Å². The first-order valence-corrected chi connectivity index (χ1v) is 6.35. The van der Waals surface area contributed by atoms with Gasteiger partial charge in [0.2, 0.25) is 11.8 Å². The molecule has 1 N–H and O–H groups in total. The smallest absolute Gasteiger partial charge is 0.245 e. The van der Waals surface area contributed by atoms with Crippen LogP contribution in [0.25, 0.3) is 0 Å². The summed E-state index contributed by atoms with van der Waals surface area (Å²) in [5, 5.41) is 2.66. The van der Waals surface area contributed by atoms with Crippen molar-refractivity contribution in [3.63, 3.8) is 0 Å². The lowest BCUT2D eigenvalue weighted by Gasteiger charge is -2.17. The number of nitrogens with one attached hydrogen (secondary N) is 1. The molecule has 0 aromatic carbocycles. The normalized spacial score (nSPS) is 10.4. The zero-order chi connectivity index (χ0) is 14.4. The summed E-state index contributed by atoms with van der Waals surface area (Å²) in [6.45, 7) is 5.92. The molecule has 0 fully saturated rings. The first-order chi connectivity index (χ1) is 8.88. The fraction of sp³-hybridized carbons (Fsp3) is 0.500. The Hall–Kier alpha value is -1.91. The van der Waals surface area contributed by atoms with E-state index in [1.807, 2.05) is 26.8 Å². The minimum atomic E-state index is -0.240. The van der Waals surface area contributed by atoms with Crippen LogP contribution < -0.4 is 5.32 Å². The summed E-state index contributed by atoms with van der Waals surface area (Å²) in [7, 11) is 1.63. The lowest BCUT2D eigenvalue weighted by Crippen LogP contribution is -2.35. The van der Waals surface area contributed by atoms with E-state index in [2.05, 4.69) is 10.3 Å². The zero-order valence-electron chi connectivity index (χ0n) is 11.9. The van der Waals surface area contributed by atoms with Gasteiger partial charge in [0.25, 0.3) is 0 Å². The molecule has 1 heterocycles. The molecule has 0 aliphatic heterocycles. The van der Waals surface area contributed by atoms with Crippen molar-refractivity contribution >= 4 is 17.6 Å². The number of aromatic nitrogens is 1. The predicted octanol–water partition coefficient (Wildman–Crippen LogP) is 1.83. The van der Waals surface area contributed by atoms with E-state index < -0.39 is 0 Å². The summed E-state index contributed by atoms with van der Waals surface area (Å²) in [6.07, 6.45) is 2.13. The molecular weight excluding hydrogens is 242 g/mol. The third-order valence-electron chi connectivity index (χ3n) is 2.57. The highest BCUT2D eigenvalue weighted by molar-refractivity contribution is 5.93. The molecule has 0 bridgehead atoms. The van der Waals surface area contributed by atoms with Crippen molar-refractivity contribution in [3.05, 3.63) is 23.9 Å². The van der Waals surface area contributed by atoms with Crippen molar-refractivity contribution in [2.24, 2.45) is 5.92 Å². The minimum Gasteiger partial charge on any atom is -0.336 e. The van der Waals surface area contributed by atoms with Crippen LogP contribution in [0.3, 0.4) is 0 Å². The number of amides is 2. The molecule has 0 spiro atoms. The van der Waals surface area contributed by atoms with Crippen LogP contribution in [0.1, 0.15) is 25.8 Å². The largest absolute Gasteiger partial charge is 0.336 e. The van der Waals surface area contributed by atoms with Gasteiger partial charge in [-0.25, -0.2) is 4.98 Å². The highest BCUT2D eigenvalue weighted by Gasteiger charge is 2.14. The molecule has 104 valence electrons. The SMILES string of the molecule is Cc1ccc(NC(=O)CN(C)C(=O)CC(C)C)nc1. The minimum absolute atomic E-state index is 0.0259. The average molecular weight is 263 g/mol. The van der Waals surface area contributed by atoms with E-state index in [9.17, 15) is 9.59 Å². The molecule has 0 aliphatic carbocycles. The molecule has 0 radical (unpaired) electrons. The summed E-state index contributed by atoms with van der Waals surface area (Å²) in [5.74, 6) is 0.523. The van der Waals surface area contributed by atoms with E-state index in [-0.39, 0.29) is 24.3 Å². The lowest BCUT2D eigenvalue weighted by atomic mass is 10.1. The lowest BCUT2D eigenvalue weighted by molar-refractivity contribution is -0.133. The molecule has 0 atom stereocenters. The maximum absolute atomic E-state index is 11.8. The molecule has 1 aromatic heterocycles. The number of likely N-dealkylation sites (N-methyl/N-ethyl adjacent to an activating group) is 1. The molecular formula is C14H21N3O2. The first kappa shape index (κ1) is 15.1. The van der Waals surface area contributed by atoms with Crippen molar-refractivity contribution in [2.45, 2.75) is 27.2 Å². The van der Waals surface area contributed by atoms with Crippen LogP contribution in [-0.2, 0) is 9.59 Å². The van der Waals surface area contributed by atoms with Gasteiger partial charge in [-0.1, -0.05) is 19.9 Å². The Balaban J connectivity index is 2.46. The van der Waals surface area contributed by atoms with Gasteiger partial charge in [0.1, 0.15) is 5.82 Å². The summed E-state index contributed by atoms with van der Waals surface area (Å²) in [5.41, 5.74) is 1.03. The van der Waals surface area contributed by atoms with E-state index in [0.29, 0.717) is 12.2 Å². The standard InChI is InChI=1S/C14H21N3O2/c1-10(2)7-14(19)17(4)9-13(18)16-12-6-5-11(3)8-15-12/h5-6,8,10H,7,9H2,1-4H3,(H,15,16,18). The topological polar surface area (TPSA) is 62.3 Å². The van der Waals surface area contributed by atoms with Gasteiger partial charge in [-0.3, -0.25) is 9.59 Å². The van der Waals surface area contributed by atoms with Crippen LogP contribution in [0.5, 0.6) is 0 Å². The molecule has 1 aromatic rings. The number of pyridine rings is 1. The van der Waals surface area contributed by atoms with Crippen LogP contribution in [0.2, 0.25) is 0 Å². The van der Waals surface area contributed by atoms with Crippen LogP contribution in [0.4, 0.5) is 5.82 Å². The molecule has 0 aliphatic rings. The van der Waals surface area contributed by atoms with Crippen molar-refractivity contribution in [1.29, 1.82) is 0 Å². The maximum atomic E-state index is 11.8. The van der Waals surface area contributed by atoms with Gasteiger partial charge in [0, 0.05) is 19.7 Å². The third kappa shape index (κ3) is 5.50. The second kappa shape index (κ2) is 6.87. The predicted molar refractivity (Wildman–Crippen MR) is 74.7 cm³/mol. The quantitative estimate of drug-likeness (QED) is 0.881. The molecule has 5 heteroatoms. The van der Waals surface area contributed by atoms with Gasteiger partial charge in [-0.2, -0.15) is 0 Å². The second-order valence-electron chi connectivity index (χ2n) is 5.12. The van der Waals surface area contributed by atoms with Gasteiger partial charge in [-0.15, -0.1) is 0 Å². The molecule has 2 amide bonds. The van der Waals surface area contributed by atoms with Gasteiger partial charge in [0.15, 0.2) is 0 Å². The molecule has 19 heavy (non-hydrogen) atoms. The van der Waals surface area contributed by atoms with Crippen LogP contribution in [0, 0.1) is 12.8 Å². The summed E-state index contributed by atoms with van der Waals surface area (Å²) < 4.78 is 0. The molecule has 0 unspecified atom stereocenters.